The summed E-state index contributed by atoms with van der Waals surface area (Å²) in [6, 6.07) is 5.08. The standard InChI is InChI=1S/C14H20N2S2/c1-8(2)15-13(12-7-6-9(3)17-12)14-16-10(4)11(5)18-14/h6-8,13,15H,1-5H3. The van der Waals surface area contributed by atoms with Crippen molar-refractivity contribution >= 4 is 22.7 Å². The Morgan fingerprint density at radius 1 is 1.11 bits per heavy atom. The van der Waals surface area contributed by atoms with Gasteiger partial charge in [-0.1, -0.05) is 0 Å². The van der Waals surface area contributed by atoms with E-state index in [1.807, 2.05) is 11.3 Å². The lowest BCUT2D eigenvalue weighted by molar-refractivity contribution is 0.532. The maximum atomic E-state index is 4.71. The average Bonchev–Trinajstić information content (AvgIpc) is 2.83. The van der Waals surface area contributed by atoms with Gasteiger partial charge < -0.3 is 5.32 Å². The summed E-state index contributed by atoms with van der Waals surface area (Å²) in [5.41, 5.74) is 1.15. The molecule has 0 saturated heterocycles. The van der Waals surface area contributed by atoms with Crippen LogP contribution in [0, 0.1) is 20.8 Å². The first-order chi connectivity index (χ1) is 8.47. The highest BCUT2D eigenvalue weighted by atomic mass is 32.1. The van der Waals surface area contributed by atoms with Crippen molar-refractivity contribution in [1.82, 2.24) is 10.3 Å². The number of thiazole rings is 1. The van der Waals surface area contributed by atoms with Crippen LogP contribution in [0.5, 0.6) is 0 Å². The zero-order chi connectivity index (χ0) is 13.3. The molecule has 2 aromatic heterocycles. The summed E-state index contributed by atoms with van der Waals surface area (Å²) >= 11 is 3.65. The second-order valence-corrected chi connectivity index (χ2v) is 7.45. The third-order valence-electron chi connectivity index (χ3n) is 2.84. The van der Waals surface area contributed by atoms with Crippen LogP contribution in [0.3, 0.4) is 0 Å². The Kier molecular flexibility index (Phi) is 4.20. The van der Waals surface area contributed by atoms with Gasteiger partial charge in [-0.05, 0) is 46.8 Å². The van der Waals surface area contributed by atoms with Crippen molar-refractivity contribution in [2.45, 2.75) is 46.7 Å². The van der Waals surface area contributed by atoms with Gasteiger partial charge in [-0.3, -0.25) is 0 Å². The molecule has 0 saturated carbocycles. The summed E-state index contributed by atoms with van der Waals surface area (Å²) in [4.78, 5) is 8.73. The lowest BCUT2D eigenvalue weighted by Gasteiger charge is -2.18. The van der Waals surface area contributed by atoms with E-state index in [1.165, 1.54) is 19.6 Å². The molecular weight excluding hydrogens is 260 g/mol. The predicted octanol–water partition coefficient (Wildman–Crippen LogP) is 4.22. The van der Waals surface area contributed by atoms with Gasteiger partial charge in [0.15, 0.2) is 0 Å². The van der Waals surface area contributed by atoms with Crippen LogP contribution < -0.4 is 5.32 Å². The van der Waals surface area contributed by atoms with Crippen LogP contribution in [0.1, 0.15) is 45.2 Å². The van der Waals surface area contributed by atoms with Crippen LogP contribution in [0.2, 0.25) is 0 Å². The molecular formula is C14H20N2S2. The Morgan fingerprint density at radius 2 is 1.83 bits per heavy atom. The smallest absolute Gasteiger partial charge is 0.115 e. The Hall–Kier alpha value is -0.710. The Labute approximate surface area is 117 Å². The van der Waals surface area contributed by atoms with E-state index in [0.29, 0.717) is 6.04 Å². The average molecular weight is 280 g/mol. The molecule has 0 aliphatic carbocycles. The molecule has 18 heavy (non-hydrogen) atoms. The van der Waals surface area contributed by atoms with E-state index in [1.54, 1.807) is 11.3 Å². The summed E-state index contributed by atoms with van der Waals surface area (Å²) in [5, 5.41) is 4.81. The number of aryl methyl sites for hydroxylation is 3. The molecule has 98 valence electrons. The minimum atomic E-state index is 0.237. The number of thiophene rings is 1. The molecule has 1 unspecified atom stereocenters. The monoisotopic (exact) mass is 280 g/mol. The largest absolute Gasteiger partial charge is 0.301 e. The highest BCUT2D eigenvalue weighted by Gasteiger charge is 2.20. The number of nitrogens with zero attached hydrogens (tertiary/aromatic N) is 1. The first-order valence-corrected chi connectivity index (χ1v) is 7.87. The number of aromatic nitrogens is 1. The van der Waals surface area contributed by atoms with Gasteiger partial charge >= 0.3 is 0 Å². The summed E-state index contributed by atoms with van der Waals surface area (Å²) in [6.07, 6.45) is 0. The van der Waals surface area contributed by atoms with Gasteiger partial charge in [0.2, 0.25) is 0 Å². The third-order valence-corrected chi connectivity index (χ3v) is 5.04. The maximum Gasteiger partial charge on any atom is 0.115 e. The van der Waals surface area contributed by atoms with E-state index in [9.17, 15) is 0 Å². The highest BCUT2D eigenvalue weighted by Crippen LogP contribution is 2.32. The van der Waals surface area contributed by atoms with Crippen molar-refractivity contribution in [2.75, 3.05) is 0 Å². The van der Waals surface area contributed by atoms with E-state index >= 15 is 0 Å². The molecule has 0 amide bonds. The molecule has 1 N–H and O–H groups in total. The fourth-order valence-corrected chi connectivity index (χ4v) is 3.86. The van der Waals surface area contributed by atoms with Crippen molar-refractivity contribution in [1.29, 1.82) is 0 Å². The fraction of sp³-hybridized carbons (Fsp3) is 0.500. The molecule has 0 aromatic carbocycles. The second kappa shape index (κ2) is 5.51. The predicted molar refractivity (Wildman–Crippen MR) is 80.8 cm³/mol. The molecule has 2 rings (SSSR count). The van der Waals surface area contributed by atoms with Crippen LogP contribution in [-0.4, -0.2) is 11.0 Å². The molecule has 0 spiro atoms. The van der Waals surface area contributed by atoms with Gasteiger partial charge in [0, 0.05) is 20.7 Å². The molecule has 1 atom stereocenters. The first-order valence-electron chi connectivity index (χ1n) is 6.23. The van der Waals surface area contributed by atoms with E-state index in [0.717, 1.165) is 5.69 Å². The Balaban J connectivity index is 2.36. The minimum absolute atomic E-state index is 0.237. The summed E-state index contributed by atoms with van der Waals surface area (Å²) in [6.45, 7) is 10.7. The molecule has 2 nitrogen and oxygen atoms in total. The van der Waals surface area contributed by atoms with Crippen LogP contribution in [0.15, 0.2) is 12.1 Å². The molecule has 0 aliphatic rings. The fourth-order valence-electron chi connectivity index (χ4n) is 1.84. The zero-order valence-corrected chi connectivity index (χ0v) is 13.2. The van der Waals surface area contributed by atoms with Gasteiger partial charge in [-0.25, -0.2) is 4.98 Å². The van der Waals surface area contributed by atoms with Crippen molar-refractivity contribution in [3.63, 3.8) is 0 Å². The zero-order valence-electron chi connectivity index (χ0n) is 11.6. The van der Waals surface area contributed by atoms with Crippen LogP contribution >= 0.6 is 22.7 Å². The van der Waals surface area contributed by atoms with E-state index < -0.39 is 0 Å². The second-order valence-electron chi connectivity index (χ2n) is 4.90. The van der Waals surface area contributed by atoms with Crippen LogP contribution in [-0.2, 0) is 0 Å². The lowest BCUT2D eigenvalue weighted by Crippen LogP contribution is -2.28. The lowest BCUT2D eigenvalue weighted by atomic mass is 10.2. The molecule has 2 aromatic rings. The van der Waals surface area contributed by atoms with Crippen molar-refractivity contribution in [3.05, 3.63) is 37.5 Å². The SMILES string of the molecule is Cc1ccc(C(NC(C)C)c2nc(C)c(C)s2)s1. The number of nitrogens with one attached hydrogen (secondary N) is 1. The summed E-state index contributed by atoms with van der Waals surface area (Å²) in [7, 11) is 0. The quantitative estimate of drug-likeness (QED) is 0.907. The number of hydrogen-bond donors (Lipinski definition) is 1. The third kappa shape index (κ3) is 2.99. The van der Waals surface area contributed by atoms with Crippen LogP contribution in [0.25, 0.3) is 0 Å². The highest BCUT2D eigenvalue weighted by molar-refractivity contribution is 7.13. The minimum Gasteiger partial charge on any atom is -0.301 e. The molecule has 2 heterocycles. The molecule has 0 fully saturated rings. The van der Waals surface area contributed by atoms with Crippen LogP contribution in [0.4, 0.5) is 0 Å². The Morgan fingerprint density at radius 3 is 2.28 bits per heavy atom. The Bertz CT molecular complexity index is 506. The number of hydrogen-bond acceptors (Lipinski definition) is 4. The summed E-state index contributed by atoms with van der Waals surface area (Å²) in [5.74, 6) is 0. The van der Waals surface area contributed by atoms with Crippen molar-refractivity contribution < 1.29 is 0 Å². The maximum absolute atomic E-state index is 4.71. The molecule has 0 aliphatic heterocycles. The summed E-state index contributed by atoms with van der Waals surface area (Å²) < 4.78 is 0. The van der Waals surface area contributed by atoms with Gasteiger partial charge in [0.05, 0.1) is 11.7 Å². The van der Waals surface area contributed by atoms with Gasteiger partial charge in [0.1, 0.15) is 5.01 Å². The van der Waals surface area contributed by atoms with E-state index in [-0.39, 0.29) is 6.04 Å². The van der Waals surface area contributed by atoms with E-state index in [4.69, 9.17) is 4.98 Å². The number of rotatable bonds is 4. The van der Waals surface area contributed by atoms with E-state index in [2.05, 4.69) is 52.1 Å². The van der Waals surface area contributed by atoms with Gasteiger partial charge in [0.25, 0.3) is 0 Å². The first kappa shape index (κ1) is 13.7. The van der Waals surface area contributed by atoms with Crippen molar-refractivity contribution in [2.24, 2.45) is 0 Å². The van der Waals surface area contributed by atoms with Gasteiger partial charge in [-0.15, -0.1) is 22.7 Å². The normalized spacial score (nSPS) is 13.2. The van der Waals surface area contributed by atoms with Crippen molar-refractivity contribution in [3.8, 4) is 0 Å². The molecule has 4 heteroatoms. The molecule has 0 bridgehead atoms. The van der Waals surface area contributed by atoms with Gasteiger partial charge in [-0.2, -0.15) is 0 Å². The molecule has 0 radical (unpaired) electrons. The topological polar surface area (TPSA) is 24.9 Å².